The molecule has 1 saturated heterocycles. The van der Waals surface area contributed by atoms with Crippen LogP contribution in [-0.4, -0.2) is 67.8 Å². The van der Waals surface area contributed by atoms with Gasteiger partial charge in [-0.15, -0.1) is 6.58 Å². The van der Waals surface area contributed by atoms with Gasteiger partial charge in [-0.1, -0.05) is 38.2 Å². The van der Waals surface area contributed by atoms with Crippen molar-refractivity contribution in [2.75, 3.05) is 13.2 Å². The molecule has 35 heavy (non-hydrogen) atoms. The molecular weight excluding hydrogens is 460 g/mol. The van der Waals surface area contributed by atoms with E-state index in [1.54, 1.807) is 0 Å². The molecule has 1 aliphatic rings. The summed E-state index contributed by atoms with van der Waals surface area (Å²) in [5, 5.41) is 0. The molecule has 1 rings (SSSR count). The lowest BCUT2D eigenvalue weighted by atomic mass is 9.98. The lowest BCUT2D eigenvalue weighted by Crippen LogP contribution is -2.63. The van der Waals surface area contributed by atoms with Gasteiger partial charge < -0.3 is 28.4 Å². The third-order valence-corrected chi connectivity index (χ3v) is 5.28. The highest BCUT2D eigenvalue weighted by Gasteiger charge is 2.52. The molecule has 1 heterocycles. The number of rotatable bonds is 16. The van der Waals surface area contributed by atoms with Crippen molar-refractivity contribution in [1.29, 1.82) is 0 Å². The number of carbonyl (C=O) groups excluding carboxylic acids is 4. The number of unbranched alkanes of at least 4 members (excludes halogenated alkanes) is 7. The highest BCUT2D eigenvalue weighted by Crippen LogP contribution is 2.30. The van der Waals surface area contributed by atoms with Crippen molar-refractivity contribution in [3.8, 4) is 0 Å². The van der Waals surface area contributed by atoms with Gasteiger partial charge in [-0.2, -0.15) is 0 Å². The zero-order valence-electron chi connectivity index (χ0n) is 21.3. The van der Waals surface area contributed by atoms with Crippen molar-refractivity contribution < 1.29 is 47.6 Å². The normalized spacial score (nSPS) is 23.7. The minimum Gasteiger partial charge on any atom is -0.463 e. The molecule has 0 amide bonds. The van der Waals surface area contributed by atoms with Gasteiger partial charge in [0.05, 0.1) is 0 Å². The fraction of sp³-hybridized carbons (Fsp3) is 0.760. The van der Waals surface area contributed by atoms with Crippen molar-refractivity contribution in [2.24, 2.45) is 0 Å². The Morgan fingerprint density at radius 2 is 1.23 bits per heavy atom. The number of allylic oxidation sites excluding steroid dienone is 1. The van der Waals surface area contributed by atoms with Gasteiger partial charge in [0.1, 0.15) is 12.7 Å². The largest absolute Gasteiger partial charge is 0.463 e. The Bertz CT molecular complexity index is 692. The summed E-state index contributed by atoms with van der Waals surface area (Å²) in [5.41, 5.74) is 0. The topological polar surface area (TPSA) is 124 Å². The number of ether oxygens (including phenoxy) is 6. The third-order valence-electron chi connectivity index (χ3n) is 5.28. The second kappa shape index (κ2) is 17.0. The van der Waals surface area contributed by atoms with E-state index in [1.165, 1.54) is 40.5 Å². The molecule has 0 N–H and O–H groups in total. The van der Waals surface area contributed by atoms with Gasteiger partial charge in [-0.05, 0) is 19.3 Å². The molecule has 0 radical (unpaired) electrons. The van der Waals surface area contributed by atoms with Gasteiger partial charge in [-0.25, -0.2) is 0 Å². The number of esters is 4. The van der Waals surface area contributed by atoms with Crippen molar-refractivity contribution in [2.45, 2.75) is 110 Å². The van der Waals surface area contributed by atoms with Gasteiger partial charge in [0.15, 0.2) is 24.6 Å². The van der Waals surface area contributed by atoms with Crippen LogP contribution in [0.5, 0.6) is 0 Å². The molecule has 10 heteroatoms. The summed E-state index contributed by atoms with van der Waals surface area (Å²) < 4.78 is 32.9. The summed E-state index contributed by atoms with van der Waals surface area (Å²) in [6.07, 6.45) is 4.72. The van der Waals surface area contributed by atoms with Gasteiger partial charge in [0, 0.05) is 34.3 Å². The lowest BCUT2D eigenvalue weighted by molar-refractivity contribution is -0.308. The summed E-state index contributed by atoms with van der Waals surface area (Å²) in [5.74, 6) is -2.57. The second-order valence-electron chi connectivity index (χ2n) is 8.49. The van der Waals surface area contributed by atoms with Crippen LogP contribution in [0.1, 0.15) is 79.1 Å². The maximum atomic E-state index is 11.8. The van der Waals surface area contributed by atoms with Gasteiger partial charge >= 0.3 is 23.9 Å². The average molecular weight is 501 g/mol. The number of carbonyl (C=O) groups is 4. The van der Waals surface area contributed by atoms with E-state index in [9.17, 15) is 19.2 Å². The fourth-order valence-electron chi connectivity index (χ4n) is 3.80. The van der Waals surface area contributed by atoms with Crippen LogP contribution in [0.3, 0.4) is 0 Å². The van der Waals surface area contributed by atoms with Crippen LogP contribution in [0.4, 0.5) is 0 Å². The predicted molar refractivity (Wildman–Crippen MR) is 125 cm³/mol. The van der Waals surface area contributed by atoms with Gasteiger partial charge in [0.2, 0.25) is 0 Å². The highest BCUT2D eigenvalue weighted by molar-refractivity contribution is 5.68. The van der Waals surface area contributed by atoms with E-state index >= 15 is 0 Å². The van der Waals surface area contributed by atoms with E-state index < -0.39 is 54.6 Å². The molecule has 200 valence electrons. The Morgan fingerprint density at radius 1 is 0.714 bits per heavy atom. The summed E-state index contributed by atoms with van der Waals surface area (Å²) in [6.45, 7) is 8.54. The molecule has 0 bridgehead atoms. The van der Waals surface area contributed by atoms with E-state index in [-0.39, 0.29) is 6.61 Å². The van der Waals surface area contributed by atoms with Crippen LogP contribution < -0.4 is 0 Å². The van der Waals surface area contributed by atoms with Crippen LogP contribution in [-0.2, 0) is 47.6 Å². The average Bonchev–Trinajstić information content (AvgIpc) is 2.76. The molecule has 0 spiro atoms. The Morgan fingerprint density at radius 3 is 1.77 bits per heavy atom. The van der Waals surface area contributed by atoms with E-state index in [0.717, 1.165) is 38.5 Å². The van der Waals surface area contributed by atoms with E-state index in [1.807, 2.05) is 6.08 Å². The van der Waals surface area contributed by atoms with Crippen molar-refractivity contribution in [1.82, 2.24) is 0 Å². The predicted octanol–water partition coefficient (Wildman–Crippen LogP) is 3.39. The third kappa shape index (κ3) is 12.7. The fourth-order valence-corrected chi connectivity index (χ4v) is 3.80. The molecule has 0 saturated carbocycles. The standard InChI is InChI=1S/C25H40O10/c1-6-7-8-9-10-11-12-13-14-15-30-25-24(34-20(5)29)23(33-19(4)28)22(32-18(3)27)21(35-25)16-31-17(2)26/h6,21-25H,1,7-16H2,2-5H3/t21-,22+,23+,24-,25+/m1/s1. The summed E-state index contributed by atoms with van der Waals surface area (Å²) in [6, 6.07) is 0. The number of hydrogen-bond acceptors (Lipinski definition) is 10. The van der Waals surface area contributed by atoms with E-state index in [2.05, 4.69) is 6.58 Å². The first-order valence-electron chi connectivity index (χ1n) is 12.2. The minimum atomic E-state index is -1.21. The van der Waals surface area contributed by atoms with Crippen LogP contribution >= 0.6 is 0 Å². The first-order chi connectivity index (χ1) is 16.6. The molecule has 0 aromatic rings. The maximum Gasteiger partial charge on any atom is 0.303 e. The molecule has 0 aromatic carbocycles. The van der Waals surface area contributed by atoms with E-state index in [0.29, 0.717) is 6.61 Å². The first-order valence-corrected chi connectivity index (χ1v) is 12.2. The summed E-state index contributed by atoms with van der Waals surface area (Å²) >= 11 is 0. The van der Waals surface area contributed by atoms with Crippen LogP contribution in [0, 0.1) is 0 Å². The van der Waals surface area contributed by atoms with Crippen LogP contribution in [0.2, 0.25) is 0 Å². The Labute approximate surface area is 207 Å². The summed E-state index contributed by atoms with van der Waals surface area (Å²) in [4.78, 5) is 46.7. The second-order valence-corrected chi connectivity index (χ2v) is 8.49. The molecule has 0 aromatic heterocycles. The molecule has 1 aliphatic heterocycles. The minimum absolute atomic E-state index is 0.274. The number of hydrogen-bond donors (Lipinski definition) is 0. The molecule has 10 nitrogen and oxygen atoms in total. The quantitative estimate of drug-likeness (QED) is 0.135. The molecule has 0 aliphatic carbocycles. The first kappa shape index (κ1) is 30.6. The zero-order chi connectivity index (χ0) is 26.2. The van der Waals surface area contributed by atoms with E-state index in [4.69, 9.17) is 28.4 Å². The highest BCUT2D eigenvalue weighted by atomic mass is 16.7. The van der Waals surface area contributed by atoms with Crippen LogP contribution in [0.15, 0.2) is 12.7 Å². The van der Waals surface area contributed by atoms with Gasteiger partial charge in [-0.3, -0.25) is 19.2 Å². The Balaban J connectivity index is 2.83. The Kier molecular flexibility index (Phi) is 14.9. The lowest BCUT2D eigenvalue weighted by Gasteiger charge is -2.44. The molecule has 0 unspecified atom stereocenters. The molecule has 5 atom stereocenters. The van der Waals surface area contributed by atoms with Crippen LogP contribution in [0.25, 0.3) is 0 Å². The molecule has 1 fully saturated rings. The van der Waals surface area contributed by atoms with Gasteiger partial charge in [0.25, 0.3) is 0 Å². The smallest absolute Gasteiger partial charge is 0.303 e. The van der Waals surface area contributed by atoms with Crippen molar-refractivity contribution in [3.05, 3.63) is 12.7 Å². The SMILES string of the molecule is C=CCCCCCCCCCO[C@H]1O[C@H](COC(C)=O)[C@H](OC(C)=O)[C@H](OC(C)=O)[C@H]1OC(C)=O. The zero-order valence-corrected chi connectivity index (χ0v) is 21.3. The van der Waals surface area contributed by atoms with Crippen molar-refractivity contribution in [3.63, 3.8) is 0 Å². The molecular formula is C25H40O10. The summed E-state index contributed by atoms with van der Waals surface area (Å²) in [7, 11) is 0. The van der Waals surface area contributed by atoms with Crippen molar-refractivity contribution >= 4 is 23.9 Å². The Hall–Kier alpha value is -2.46. The monoisotopic (exact) mass is 500 g/mol. The maximum absolute atomic E-state index is 11.8.